The summed E-state index contributed by atoms with van der Waals surface area (Å²) in [6.07, 6.45) is 5.08. The third kappa shape index (κ3) is 5.84. The number of hydrogen-bond donors (Lipinski definition) is 1. The molecule has 0 saturated carbocycles. The summed E-state index contributed by atoms with van der Waals surface area (Å²) in [4.78, 5) is 9.57. The van der Waals surface area contributed by atoms with E-state index in [0.717, 1.165) is 44.7 Å². The van der Waals surface area contributed by atoms with Crippen LogP contribution in [0.5, 0.6) is 0 Å². The van der Waals surface area contributed by atoms with Crippen LogP contribution in [0.4, 0.5) is 0 Å². The summed E-state index contributed by atoms with van der Waals surface area (Å²) in [5.41, 5.74) is 1.14. The molecule has 3 saturated heterocycles. The first-order valence-electron chi connectivity index (χ1n) is 11.0. The molecule has 1 N–H and O–H groups in total. The molecule has 0 amide bonds. The first kappa shape index (κ1) is 22.7. The molecule has 2 aromatic rings. The van der Waals surface area contributed by atoms with E-state index in [4.69, 9.17) is 11.6 Å². The number of fused-ring (bicyclic) bond motifs is 3. The van der Waals surface area contributed by atoms with Crippen molar-refractivity contribution in [1.29, 1.82) is 0 Å². The third-order valence-corrected chi connectivity index (χ3v) is 8.36. The van der Waals surface area contributed by atoms with Gasteiger partial charge in [0.1, 0.15) is 0 Å². The number of halogens is 1. The zero-order valence-electron chi connectivity index (χ0n) is 18.0. The maximum atomic E-state index is 12.6. The lowest BCUT2D eigenvalue weighted by Gasteiger charge is -2.50. The fraction of sp³-hybridized carbons (Fsp3) is 0.522. The van der Waals surface area contributed by atoms with Crippen molar-refractivity contribution >= 4 is 21.6 Å². The third-order valence-electron chi connectivity index (χ3n) is 6.67. The van der Waals surface area contributed by atoms with Crippen LogP contribution < -0.4 is 4.72 Å². The van der Waals surface area contributed by atoms with Crippen molar-refractivity contribution in [3.8, 4) is 0 Å². The Kier molecular flexibility index (Phi) is 7.29. The van der Waals surface area contributed by atoms with Gasteiger partial charge in [-0.3, -0.25) is 9.88 Å². The molecule has 0 radical (unpaired) electrons. The number of nitrogens with zero attached hydrogens (tertiary/aromatic N) is 3. The maximum absolute atomic E-state index is 12.6. The molecule has 4 atom stereocenters. The monoisotopic (exact) mass is 462 g/mol. The molecule has 2 bridgehead atoms. The van der Waals surface area contributed by atoms with Gasteiger partial charge in [-0.25, -0.2) is 13.1 Å². The highest BCUT2D eigenvalue weighted by Gasteiger charge is 2.40. The summed E-state index contributed by atoms with van der Waals surface area (Å²) >= 11 is 5.88. The average molecular weight is 463 g/mol. The van der Waals surface area contributed by atoms with Gasteiger partial charge < -0.3 is 4.90 Å². The lowest BCUT2D eigenvalue weighted by molar-refractivity contribution is -0.00735. The molecule has 168 valence electrons. The van der Waals surface area contributed by atoms with Crippen molar-refractivity contribution in [3.05, 3.63) is 59.4 Å². The summed E-state index contributed by atoms with van der Waals surface area (Å²) in [6.45, 7) is 4.66. The van der Waals surface area contributed by atoms with Crippen LogP contribution in [-0.4, -0.2) is 69.0 Å². The predicted molar refractivity (Wildman–Crippen MR) is 124 cm³/mol. The van der Waals surface area contributed by atoms with Crippen LogP contribution in [0.1, 0.15) is 18.5 Å². The van der Waals surface area contributed by atoms with E-state index in [1.54, 1.807) is 24.3 Å². The standard InChI is InChI=1S/C23H31ClN4O2S/c1-27(12-10-21-4-2-3-11-25-21)16-19-17-28-13-9-18(19)14-22(28)15-26-31(29,30)23-7-5-20(24)6-8-23/h2-8,11,18-19,22,26H,9-10,12-17H2,1H3/t18-,19-,22+/m0/s1. The number of benzene rings is 1. The molecule has 3 fully saturated rings. The van der Waals surface area contributed by atoms with E-state index in [0.29, 0.717) is 23.4 Å². The Hall–Kier alpha value is -1.51. The van der Waals surface area contributed by atoms with Crippen LogP contribution in [0.3, 0.4) is 0 Å². The molecule has 6 nitrogen and oxygen atoms in total. The Balaban J connectivity index is 1.26. The van der Waals surface area contributed by atoms with E-state index in [1.165, 1.54) is 6.42 Å². The molecule has 31 heavy (non-hydrogen) atoms. The first-order chi connectivity index (χ1) is 14.9. The Morgan fingerprint density at radius 1 is 1.23 bits per heavy atom. The fourth-order valence-electron chi connectivity index (χ4n) is 4.91. The van der Waals surface area contributed by atoms with Crippen LogP contribution in [-0.2, 0) is 16.4 Å². The van der Waals surface area contributed by atoms with E-state index < -0.39 is 10.0 Å². The Labute approximate surface area is 190 Å². The normalized spacial score (nSPS) is 25.8. The van der Waals surface area contributed by atoms with Crippen molar-refractivity contribution in [2.45, 2.75) is 30.2 Å². The van der Waals surface area contributed by atoms with Crippen molar-refractivity contribution in [2.75, 3.05) is 39.8 Å². The minimum absolute atomic E-state index is 0.264. The quantitative estimate of drug-likeness (QED) is 0.620. The van der Waals surface area contributed by atoms with Crippen molar-refractivity contribution in [2.24, 2.45) is 11.8 Å². The highest BCUT2D eigenvalue weighted by molar-refractivity contribution is 7.89. The maximum Gasteiger partial charge on any atom is 0.240 e. The lowest BCUT2D eigenvalue weighted by Crippen LogP contribution is -2.58. The molecule has 8 heteroatoms. The van der Waals surface area contributed by atoms with Gasteiger partial charge in [-0.2, -0.15) is 0 Å². The second-order valence-corrected chi connectivity index (χ2v) is 11.0. The van der Waals surface area contributed by atoms with Crippen LogP contribution in [0, 0.1) is 11.8 Å². The summed E-state index contributed by atoms with van der Waals surface area (Å²) < 4.78 is 28.0. The first-order valence-corrected chi connectivity index (χ1v) is 12.8. The number of pyridine rings is 1. The van der Waals surface area contributed by atoms with Gasteiger partial charge in [-0.15, -0.1) is 0 Å². The Morgan fingerprint density at radius 3 is 2.71 bits per heavy atom. The molecule has 3 aliphatic rings. The smallest absolute Gasteiger partial charge is 0.240 e. The van der Waals surface area contributed by atoms with Crippen LogP contribution in [0.15, 0.2) is 53.6 Å². The number of aromatic nitrogens is 1. The predicted octanol–water partition coefficient (Wildman–Crippen LogP) is 2.90. The van der Waals surface area contributed by atoms with Crippen LogP contribution in [0.2, 0.25) is 5.02 Å². The Bertz CT molecular complexity index is 955. The molecule has 0 spiro atoms. The van der Waals surface area contributed by atoms with Gasteiger partial charge in [0.15, 0.2) is 0 Å². The molecule has 1 unspecified atom stereocenters. The van der Waals surface area contributed by atoms with Crippen molar-refractivity contribution < 1.29 is 8.42 Å². The van der Waals surface area contributed by atoms with Crippen LogP contribution >= 0.6 is 11.6 Å². The summed E-state index contributed by atoms with van der Waals surface area (Å²) in [5, 5.41) is 0.533. The van der Waals surface area contributed by atoms with Gasteiger partial charge in [0.2, 0.25) is 10.0 Å². The largest absolute Gasteiger partial charge is 0.306 e. The number of hydrogen-bond acceptors (Lipinski definition) is 5. The second-order valence-electron chi connectivity index (χ2n) is 8.83. The molecule has 1 aromatic heterocycles. The highest BCUT2D eigenvalue weighted by atomic mass is 35.5. The van der Waals surface area contributed by atoms with E-state index >= 15 is 0 Å². The second kappa shape index (κ2) is 9.96. The Morgan fingerprint density at radius 2 is 2.03 bits per heavy atom. The average Bonchev–Trinajstić information content (AvgIpc) is 2.78. The summed E-state index contributed by atoms with van der Waals surface area (Å²) in [6, 6.07) is 12.7. The SMILES string of the molecule is CN(CCc1ccccn1)C[C@H]1CN2CC[C@H]1C[C@@H]2CNS(=O)(=O)c1ccc(Cl)cc1. The molecule has 1 aromatic carbocycles. The van der Waals surface area contributed by atoms with E-state index in [2.05, 4.69) is 32.6 Å². The number of likely N-dealkylation sites (N-methyl/N-ethyl adjacent to an activating group) is 1. The summed E-state index contributed by atoms with van der Waals surface area (Å²) in [5.74, 6) is 1.30. The minimum Gasteiger partial charge on any atom is -0.306 e. The van der Waals surface area contributed by atoms with E-state index in [-0.39, 0.29) is 10.9 Å². The summed E-state index contributed by atoms with van der Waals surface area (Å²) in [7, 11) is -1.32. The number of sulfonamides is 1. The topological polar surface area (TPSA) is 65.5 Å². The molecular weight excluding hydrogens is 432 g/mol. The van der Waals surface area contributed by atoms with Gasteiger partial charge in [0.25, 0.3) is 0 Å². The molecular formula is C23H31ClN4O2S. The lowest BCUT2D eigenvalue weighted by atomic mass is 9.75. The van der Waals surface area contributed by atoms with Gasteiger partial charge in [-0.1, -0.05) is 17.7 Å². The van der Waals surface area contributed by atoms with Gasteiger partial charge in [0.05, 0.1) is 4.90 Å². The molecule has 4 heterocycles. The zero-order chi connectivity index (χ0) is 21.8. The van der Waals surface area contributed by atoms with Crippen molar-refractivity contribution in [3.63, 3.8) is 0 Å². The van der Waals surface area contributed by atoms with Gasteiger partial charge >= 0.3 is 0 Å². The molecule has 5 rings (SSSR count). The van der Waals surface area contributed by atoms with Crippen molar-refractivity contribution in [1.82, 2.24) is 19.5 Å². The highest BCUT2D eigenvalue weighted by Crippen LogP contribution is 2.36. The van der Waals surface area contributed by atoms with Crippen LogP contribution in [0.25, 0.3) is 0 Å². The fourth-order valence-corrected chi connectivity index (χ4v) is 6.11. The van der Waals surface area contributed by atoms with E-state index in [1.807, 2.05) is 18.3 Å². The van der Waals surface area contributed by atoms with Gasteiger partial charge in [-0.05, 0) is 74.7 Å². The minimum atomic E-state index is -3.51. The van der Waals surface area contributed by atoms with E-state index in [9.17, 15) is 8.42 Å². The molecule has 0 aliphatic carbocycles. The number of nitrogens with one attached hydrogen (secondary N) is 1. The molecule has 3 aliphatic heterocycles. The zero-order valence-corrected chi connectivity index (χ0v) is 19.5. The number of piperidine rings is 3. The number of rotatable bonds is 9. The van der Waals surface area contributed by atoms with Gasteiger partial charge in [0, 0.05) is 55.6 Å².